The van der Waals surface area contributed by atoms with Crippen LogP contribution in [0.2, 0.25) is 5.02 Å². The molecule has 0 aliphatic carbocycles. The third-order valence-electron chi connectivity index (χ3n) is 4.19. The average molecular weight is 386 g/mol. The maximum atomic E-state index is 12.5. The molecule has 0 atom stereocenters. The summed E-state index contributed by atoms with van der Waals surface area (Å²) in [4.78, 5) is 15.6. The Morgan fingerprint density at radius 2 is 1.80 bits per heavy atom. The van der Waals surface area contributed by atoms with Gasteiger partial charge in [-0.3, -0.25) is 4.98 Å². The van der Waals surface area contributed by atoms with E-state index in [0.717, 1.165) is 5.69 Å². The molecule has 0 unspecified atom stereocenters. The van der Waals surface area contributed by atoms with Gasteiger partial charge in [0.2, 0.25) is 10.0 Å². The Morgan fingerprint density at radius 1 is 1.12 bits per heavy atom. The van der Waals surface area contributed by atoms with Crippen LogP contribution in [0, 0.1) is 0 Å². The summed E-state index contributed by atoms with van der Waals surface area (Å²) < 4.78 is 26.5. The van der Waals surface area contributed by atoms with E-state index in [1.807, 2.05) is 24.3 Å². The minimum absolute atomic E-state index is 0.0445. The molecule has 136 valence electrons. The van der Waals surface area contributed by atoms with E-state index in [1.165, 1.54) is 4.31 Å². The topological polar surface area (TPSA) is 102 Å². The SMILES string of the molecule is O=c1[nH]nc(CCCS(=O)(=O)N2CCN(c3ccc(Cl)cc3)CC2)[nH]1. The van der Waals surface area contributed by atoms with Gasteiger partial charge in [-0.05, 0) is 30.7 Å². The molecule has 1 aromatic heterocycles. The van der Waals surface area contributed by atoms with E-state index in [2.05, 4.69) is 20.1 Å². The van der Waals surface area contributed by atoms with Gasteiger partial charge < -0.3 is 4.90 Å². The smallest absolute Gasteiger partial charge is 0.340 e. The van der Waals surface area contributed by atoms with Crippen molar-refractivity contribution >= 4 is 27.3 Å². The molecule has 1 aliphatic heterocycles. The summed E-state index contributed by atoms with van der Waals surface area (Å²) in [5.74, 6) is 0.524. The standard InChI is InChI=1S/C15H20ClN5O3S/c16-12-3-5-13(6-4-12)20-7-9-21(10-8-20)25(23,24)11-1-2-14-17-15(22)19-18-14/h3-6H,1-2,7-11H2,(H2,17,18,19,22). The number of halogens is 1. The second kappa shape index (κ2) is 7.59. The van der Waals surface area contributed by atoms with Gasteiger partial charge in [0.15, 0.2) is 0 Å². The molecule has 0 spiro atoms. The first kappa shape index (κ1) is 18.0. The summed E-state index contributed by atoms with van der Waals surface area (Å²) in [6, 6.07) is 7.55. The summed E-state index contributed by atoms with van der Waals surface area (Å²) >= 11 is 5.90. The number of nitrogens with zero attached hydrogens (tertiary/aromatic N) is 3. The monoisotopic (exact) mass is 385 g/mol. The zero-order valence-corrected chi connectivity index (χ0v) is 15.2. The van der Waals surface area contributed by atoms with Crippen molar-refractivity contribution in [1.29, 1.82) is 0 Å². The summed E-state index contributed by atoms with van der Waals surface area (Å²) in [5.41, 5.74) is 0.667. The van der Waals surface area contributed by atoms with Gasteiger partial charge in [-0.1, -0.05) is 11.6 Å². The molecule has 1 aliphatic rings. The highest BCUT2D eigenvalue weighted by molar-refractivity contribution is 7.89. The second-order valence-corrected chi connectivity index (χ2v) is 8.43. The number of sulfonamides is 1. The quantitative estimate of drug-likeness (QED) is 0.767. The van der Waals surface area contributed by atoms with E-state index < -0.39 is 10.0 Å². The third kappa shape index (κ3) is 4.62. The van der Waals surface area contributed by atoms with Crippen molar-refractivity contribution in [2.45, 2.75) is 12.8 Å². The van der Waals surface area contributed by atoms with E-state index in [4.69, 9.17) is 11.6 Å². The number of nitrogens with one attached hydrogen (secondary N) is 2. The number of anilines is 1. The van der Waals surface area contributed by atoms with Crippen molar-refractivity contribution in [3.63, 3.8) is 0 Å². The first-order chi connectivity index (χ1) is 11.9. The Morgan fingerprint density at radius 3 is 2.40 bits per heavy atom. The lowest BCUT2D eigenvalue weighted by molar-refractivity contribution is 0.384. The molecule has 1 aromatic carbocycles. The Balaban J connectivity index is 1.50. The van der Waals surface area contributed by atoms with Gasteiger partial charge in [0.05, 0.1) is 5.75 Å². The minimum Gasteiger partial charge on any atom is -0.369 e. The zero-order chi connectivity index (χ0) is 17.9. The summed E-state index contributed by atoms with van der Waals surface area (Å²) in [6.07, 6.45) is 0.837. The van der Waals surface area contributed by atoms with Gasteiger partial charge in [0, 0.05) is 43.3 Å². The van der Waals surface area contributed by atoms with Crippen LogP contribution in [0.1, 0.15) is 12.2 Å². The lowest BCUT2D eigenvalue weighted by atomic mass is 10.2. The van der Waals surface area contributed by atoms with Crippen LogP contribution in [0.25, 0.3) is 0 Å². The highest BCUT2D eigenvalue weighted by Crippen LogP contribution is 2.20. The summed E-state index contributed by atoms with van der Waals surface area (Å²) in [7, 11) is -3.30. The molecule has 0 saturated carbocycles. The number of benzene rings is 1. The molecule has 3 rings (SSSR count). The van der Waals surface area contributed by atoms with E-state index >= 15 is 0 Å². The summed E-state index contributed by atoms with van der Waals surface area (Å²) in [5, 5.41) is 6.73. The molecule has 1 saturated heterocycles. The van der Waals surface area contributed by atoms with Gasteiger partial charge in [-0.25, -0.2) is 18.3 Å². The minimum atomic E-state index is -3.30. The van der Waals surface area contributed by atoms with Crippen molar-refractivity contribution < 1.29 is 8.42 Å². The summed E-state index contributed by atoms with van der Waals surface area (Å²) in [6.45, 7) is 2.22. The molecular weight excluding hydrogens is 366 g/mol. The van der Waals surface area contributed by atoms with Crippen molar-refractivity contribution in [2.24, 2.45) is 0 Å². The fourth-order valence-electron chi connectivity index (χ4n) is 2.85. The molecule has 25 heavy (non-hydrogen) atoms. The van der Waals surface area contributed by atoms with E-state index in [1.54, 1.807) is 0 Å². The molecule has 10 heteroatoms. The van der Waals surface area contributed by atoms with Crippen LogP contribution in [0.3, 0.4) is 0 Å². The van der Waals surface area contributed by atoms with Crippen molar-refractivity contribution in [2.75, 3.05) is 36.8 Å². The lowest BCUT2D eigenvalue weighted by Gasteiger charge is -2.35. The van der Waals surface area contributed by atoms with Gasteiger partial charge >= 0.3 is 5.69 Å². The van der Waals surface area contributed by atoms with Crippen LogP contribution in [0.15, 0.2) is 29.1 Å². The Bertz CT molecular complexity index is 854. The maximum Gasteiger partial charge on any atom is 0.340 e. The molecule has 0 bridgehead atoms. The predicted octanol–water partition coefficient (Wildman–Crippen LogP) is 0.836. The number of hydrogen-bond acceptors (Lipinski definition) is 5. The number of hydrogen-bond donors (Lipinski definition) is 2. The fraction of sp³-hybridized carbons (Fsp3) is 0.467. The van der Waals surface area contributed by atoms with Crippen LogP contribution in [0.5, 0.6) is 0 Å². The highest BCUT2D eigenvalue weighted by atomic mass is 35.5. The zero-order valence-electron chi connectivity index (χ0n) is 13.6. The first-order valence-corrected chi connectivity index (χ1v) is 10.0. The van der Waals surface area contributed by atoms with Gasteiger partial charge in [-0.15, -0.1) is 0 Å². The molecule has 0 radical (unpaired) electrons. The number of piperazine rings is 1. The normalized spacial score (nSPS) is 16.3. The van der Waals surface area contributed by atoms with Crippen LogP contribution in [0.4, 0.5) is 5.69 Å². The molecule has 2 aromatic rings. The van der Waals surface area contributed by atoms with Crippen molar-refractivity contribution in [3.05, 3.63) is 45.6 Å². The molecular formula is C15H20ClN5O3S. The Labute approximate surface area is 150 Å². The first-order valence-electron chi connectivity index (χ1n) is 8.06. The number of aromatic amines is 2. The van der Waals surface area contributed by atoms with Gasteiger partial charge in [0.25, 0.3) is 0 Å². The Hall–Kier alpha value is -1.84. The molecule has 0 amide bonds. The number of aryl methyl sites for hydroxylation is 1. The van der Waals surface area contributed by atoms with Crippen LogP contribution < -0.4 is 10.6 Å². The van der Waals surface area contributed by atoms with E-state index in [9.17, 15) is 13.2 Å². The molecule has 2 heterocycles. The van der Waals surface area contributed by atoms with Gasteiger partial charge in [-0.2, -0.15) is 9.40 Å². The molecule has 1 fully saturated rings. The number of rotatable bonds is 6. The maximum absolute atomic E-state index is 12.5. The van der Waals surface area contributed by atoms with E-state index in [0.29, 0.717) is 49.9 Å². The number of H-pyrrole nitrogens is 2. The largest absolute Gasteiger partial charge is 0.369 e. The number of aromatic nitrogens is 3. The highest BCUT2D eigenvalue weighted by Gasteiger charge is 2.26. The van der Waals surface area contributed by atoms with Crippen LogP contribution in [-0.4, -0.2) is 59.8 Å². The molecule has 2 N–H and O–H groups in total. The average Bonchev–Trinajstić information content (AvgIpc) is 3.01. The van der Waals surface area contributed by atoms with Gasteiger partial charge in [0.1, 0.15) is 5.82 Å². The lowest BCUT2D eigenvalue weighted by Crippen LogP contribution is -2.49. The third-order valence-corrected chi connectivity index (χ3v) is 6.40. The van der Waals surface area contributed by atoms with Crippen LogP contribution in [-0.2, 0) is 16.4 Å². The van der Waals surface area contributed by atoms with Crippen LogP contribution >= 0.6 is 11.6 Å². The fourth-order valence-corrected chi connectivity index (χ4v) is 4.46. The van der Waals surface area contributed by atoms with E-state index in [-0.39, 0.29) is 11.4 Å². The second-order valence-electron chi connectivity index (χ2n) is 5.91. The molecule has 8 nitrogen and oxygen atoms in total. The van der Waals surface area contributed by atoms with Crippen molar-refractivity contribution in [3.8, 4) is 0 Å². The Kier molecular flexibility index (Phi) is 5.45. The predicted molar refractivity (Wildman–Crippen MR) is 96.6 cm³/mol. The van der Waals surface area contributed by atoms with Crippen molar-refractivity contribution in [1.82, 2.24) is 19.5 Å².